The van der Waals surface area contributed by atoms with E-state index in [1.54, 1.807) is 12.1 Å². The fourth-order valence-corrected chi connectivity index (χ4v) is 3.86. The Morgan fingerprint density at radius 2 is 2.00 bits per heavy atom. The molecule has 1 saturated heterocycles. The smallest absolute Gasteiger partial charge is 0.308 e. The number of nitrogens with one attached hydrogen (secondary N) is 2. The summed E-state index contributed by atoms with van der Waals surface area (Å²) in [4.78, 5) is 17.0. The molecular formula is C22H22N4O3. The van der Waals surface area contributed by atoms with Gasteiger partial charge in [-0.1, -0.05) is 6.07 Å². The minimum Gasteiger partial charge on any atom is -0.427 e. The lowest BCUT2D eigenvalue weighted by atomic mass is 10.1. The number of nitrogens with zero attached hydrogens (tertiary/aromatic N) is 2. The van der Waals surface area contributed by atoms with Gasteiger partial charge in [0.25, 0.3) is 0 Å². The van der Waals surface area contributed by atoms with Crippen LogP contribution in [0, 0.1) is 0 Å². The molecule has 2 aromatic heterocycles. The Morgan fingerprint density at radius 3 is 2.83 bits per heavy atom. The van der Waals surface area contributed by atoms with E-state index >= 15 is 0 Å². The van der Waals surface area contributed by atoms with Crippen molar-refractivity contribution in [3.05, 3.63) is 48.0 Å². The van der Waals surface area contributed by atoms with Crippen LogP contribution in [0.1, 0.15) is 12.5 Å². The summed E-state index contributed by atoms with van der Waals surface area (Å²) in [5.74, 6) is 0.164. The second-order valence-corrected chi connectivity index (χ2v) is 7.37. The van der Waals surface area contributed by atoms with Crippen molar-refractivity contribution in [3.8, 4) is 17.1 Å². The van der Waals surface area contributed by atoms with E-state index in [4.69, 9.17) is 9.47 Å². The van der Waals surface area contributed by atoms with Gasteiger partial charge in [0.15, 0.2) is 0 Å². The van der Waals surface area contributed by atoms with Crippen molar-refractivity contribution >= 4 is 27.8 Å². The van der Waals surface area contributed by atoms with Crippen LogP contribution in [0.5, 0.6) is 5.75 Å². The van der Waals surface area contributed by atoms with Crippen LogP contribution in [-0.2, 0) is 16.1 Å². The normalized spacial score (nSPS) is 15.2. The highest BCUT2D eigenvalue weighted by molar-refractivity contribution is 5.96. The van der Waals surface area contributed by atoms with Gasteiger partial charge >= 0.3 is 5.97 Å². The molecule has 0 radical (unpaired) electrons. The van der Waals surface area contributed by atoms with E-state index in [2.05, 4.69) is 44.3 Å². The molecule has 1 aliphatic rings. The van der Waals surface area contributed by atoms with E-state index in [1.807, 2.05) is 6.07 Å². The molecule has 0 unspecified atom stereocenters. The maximum atomic E-state index is 11.2. The van der Waals surface area contributed by atoms with E-state index in [9.17, 15) is 4.79 Å². The molecule has 0 amide bonds. The summed E-state index contributed by atoms with van der Waals surface area (Å²) in [6.07, 6.45) is 0. The number of hydrogen-bond acceptors (Lipinski definition) is 5. The van der Waals surface area contributed by atoms with Crippen LogP contribution in [0.4, 0.5) is 0 Å². The maximum absolute atomic E-state index is 11.2. The van der Waals surface area contributed by atoms with Crippen molar-refractivity contribution in [1.29, 1.82) is 0 Å². The number of benzene rings is 2. The molecule has 0 aliphatic carbocycles. The summed E-state index contributed by atoms with van der Waals surface area (Å²) in [6, 6.07) is 14.2. The Labute approximate surface area is 167 Å². The zero-order valence-electron chi connectivity index (χ0n) is 16.2. The Hall–Kier alpha value is -3.16. The number of hydrogen-bond donors (Lipinski definition) is 2. The van der Waals surface area contributed by atoms with Crippen molar-refractivity contribution in [2.75, 3.05) is 26.3 Å². The van der Waals surface area contributed by atoms with Gasteiger partial charge in [0.2, 0.25) is 0 Å². The van der Waals surface area contributed by atoms with Gasteiger partial charge in [0.1, 0.15) is 11.4 Å². The minimum absolute atomic E-state index is 0.340. The van der Waals surface area contributed by atoms with Crippen LogP contribution in [-0.4, -0.2) is 52.4 Å². The number of carbonyl (C=O) groups excluding carboxylic acids is 1. The van der Waals surface area contributed by atoms with Crippen LogP contribution >= 0.6 is 0 Å². The van der Waals surface area contributed by atoms with Crippen molar-refractivity contribution < 1.29 is 14.3 Å². The number of aromatic amines is 2. The highest BCUT2D eigenvalue weighted by Crippen LogP contribution is 2.31. The number of carbonyl (C=O) groups is 1. The molecule has 0 atom stereocenters. The molecule has 2 aromatic carbocycles. The Balaban J connectivity index is 1.44. The standard InChI is InChI=1S/C22H22N4O3/c1-14(27)29-17-3-4-18-20(12-17)24-25-22(18)21-11-16-10-15(2-5-19(16)23-21)13-26-6-8-28-9-7-26/h2-5,10-12,23H,6-9,13H2,1H3,(H,24,25). The van der Waals surface area contributed by atoms with Crippen LogP contribution in [0.2, 0.25) is 0 Å². The van der Waals surface area contributed by atoms with Gasteiger partial charge in [-0.2, -0.15) is 5.10 Å². The molecule has 1 aliphatic heterocycles. The second-order valence-electron chi connectivity index (χ2n) is 7.37. The summed E-state index contributed by atoms with van der Waals surface area (Å²) in [6.45, 7) is 5.89. The second kappa shape index (κ2) is 7.35. The highest BCUT2D eigenvalue weighted by Gasteiger charge is 2.14. The van der Waals surface area contributed by atoms with Crippen molar-refractivity contribution in [2.45, 2.75) is 13.5 Å². The van der Waals surface area contributed by atoms with Crippen molar-refractivity contribution in [3.63, 3.8) is 0 Å². The number of morpholine rings is 1. The third-order valence-corrected chi connectivity index (χ3v) is 5.25. The largest absolute Gasteiger partial charge is 0.427 e. The van der Waals surface area contributed by atoms with Crippen LogP contribution in [0.25, 0.3) is 33.2 Å². The summed E-state index contributed by atoms with van der Waals surface area (Å²) in [5, 5.41) is 9.65. The van der Waals surface area contributed by atoms with E-state index in [0.717, 1.165) is 60.7 Å². The summed E-state index contributed by atoms with van der Waals surface area (Å²) >= 11 is 0. The van der Waals surface area contributed by atoms with Gasteiger partial charge in [-0.05, 0) is 35.9 Å². The highest BCUT2D eigenvalue weighted by atomic mass is 16.5. The van der Waals surface area contributed by atoms with Gasteiger partial charge in [0, 0.05) is 48.9 Å². The Morgan fingerprint density at radius 1 is 1.14 bits per heavy atom. The van der Waals surface area contributed by atoms with Crippen LogP contribution in [0.15, 0.2) is 42.5 Å². The van der Waals surface area contributed by atoms with Crippen molar-refractivity contribution in [2.24, 2.45) is 0 Å². The zero-order chi connectivity index (χ0) is 19.8. The number of esters is 1. The first-order chi connectivity index (χ1) is 14.2. The Bertz CT molecular complexity index is 1190. The van der Waals surface area contributed by atoms with Crippen LogP contribution in [0.3, 0.4) is 0 Å². The van der Waals surface area contributed by atoms with Gasteiger partial charge in [-0.25, -0.2) is 0 Å². The number of rotatable bonds is 4. The average molecular weight is 390 g/mol. The molecule has 1 fully saturated rings. The molecular weight excluding hydrogens is 368 g/mol. The minimum atomic E-state index is -0.340. The predicted molar refractivity (Wildman–Crippen MR) is 111 cm³/mol. The lowest BCUT2D eigenvalue weighted by Crippen LogP contribution is -2.35. The molecule has 3 heterocycles. The molecule has 4 aromatic rings. The van der Waals surface area contributed by atoms with Crippen molar-refractivity contribution in [1.82, 2.24) is 20.1 Å². The molecule has 5 rings (SSSR count). The van der Waals surface area contributed by atoms with Gasteiger partial charge in [-0.15, -0.1) is 0 Å². The molecule has 7 heteroatoms. The summed E-state index contributed by atoms with van der Waals surface area (Å²) < 4.78 is 10.6. The Kier molecular flexibility index (Phi) is 4.54. The number of fused-ring (bicyclic) bond motifs is 2. The predicted octanol–water partition coefficient (Wildman–Crippen LogP) is 3.47. The monoisotopic (exact) mass is 390 g/mol. The van der Waals surface area contributed by atoms with Gasteiger partial charge < -0.3 is 14.5 Å². The third kappa shape index (κ3) is 3.62. The summed E-state index contributed by atoms with van der Waals surface area (Å²) in [5.41, 5.74) is 5.00. The maximum Gasteiger partial charge on any atom is 0.308 e. The lowest BCUT2D eigenvalue weighted by molar-refractivity contribution is -0.131. The fraction of sp³-hybridized carbons (Fsp3) is 0.273. The first-order valence-corrected chi connectivity index (χ1v) is 9.74. The third-order valence-electron chi connectivity index (χ3n) is 5.25. The summed E-state index contributed by atoms with van der Waals surface area (Å²) in [7, 11) is 0. The number of ether oxygens (including phenoxy) is 2. The average Bonchev–Trinajstić information content (AvgIpc) is 3.31. The SMILES string of the molecule is CC(=O)Oc1ccc2c(-c3cc4cc(CN5CCOCC5)ccc4[nH]3)n[nH]c2c1. The van der Waals surface area contributed by atoms with Gasteiger partial charge in [0.05, 0.1) is 24.4 Å². The molecule has 2 N–H and O–H groups in total. The lowest BCUT2D eigenvalue weighted by Gasteiger charge is -2.26. The zero-order valence-corrected chi connectivity index (χ0v) is 16.2. The topological polar surface area (TPSA) is 83.2 Å². The molecule has 148 valence electrons. The first kappa shape index (κ1) is 17.9. The quantitative estimate of drug-likeness (QED) is 0.412. The molecule has 0 bridgehead atoms. The van der Waals surface area contributed by atoms with E-state index < -0.39 is 0 Å². The van der Waals surface area contributed by atoms with E-state index in [1.165, 1.54) is 17.9 Å². The van der Waals surface area contributed by atoms with E-state index in [0.29, 0.717) is 5.75 Å². The fourth-order valence-electron chi connectivity index (χ4n) is 3.86. The molecule has 7 nitrogen and oxygen atoms in total. The van der Waals surface area contributed by atoms with E-state index in [-0.39, 0.29) is 5.97 Å². The number of aromatic nitrogens is 3. The molecule has 0 saturated carbocycles. The molecule has 0 spiro atoms. The molecule has 29 heavy (non-hydrogen) atoms. The first-order valence-electron chi connectivity index (χ1n) is 9.74. The van der Waals surface area contributed by atoms with Gasteiger partial charge in [-0.3, -0.25) is 14.8 Å². The number of H-pyrrole nitrogens is 2. The van der Waals surface area contributed by atoms with Crippen LogP contribution < -0.4 is 4.74 Å².